The largest absolute Gasteiger partial charge is 0.0610 e. The minimum absolute atomic E-state index is 1.30. The van der Waals surface area contributed by atoms with Crippen LogP contribution < -0.4 is 0 Å². The summed E-state index contributed by atoms with van der Waals surface area (Å²) >= 11 is 0. The fourth-order valence-corrected chi connectivity index (χ4v) is 0.932. The Morgan fingerprint density at radius 3 is 3.12 bits per heavy atom. The molecule has 1 radical (unpaired) electrons. The molecule has 0 aliphatic heterocycles. The van der Waals surface area contributed by atoms with Gasteiger partial charge in [0.05, 0.1) is 0 Å². The summed E-state index contributed by atoms with van der Waals surface area (Å²) in [5, 5.41) is 0. The number of rotatable bonds is 0. The van der Waals surface area contributed by atoms with Gasteiger partial charge in [-0.1, -0.05) is 18.2 Å². The van der Waals surface area contributed by atoms with Crippen molar-refractivity contribution in [3.63, 3.8) is 0 Å². The van der Waals surface area contributed by atoms with Crippen molar-refractivity contribution in [2.24, 2.45) is 0 Å². The Bertz CT molecular complexity index is 198. The lowest BCUT2D eigenvalue weighted by Gasteiger charge is -1.85. The van der Waals surface area contributed by atoms with Crippen molar-refractivity contribution < 1.29 is 0 Å². The van der Waals surface area contributed by atoms with Crippen LogP contribution in [0.15, 0.2) is 41.5 Å². The Balaban J connectivity index is 2.59. The molecule has 0 unspecified atom stereocenters. The predicted octanol–water partition coefficient (Wildman–Crippen LogP) is 1.78. The summed E-state index contributed by atoms with van der Waals surface area (Å²) in [4.78, 5) is 0. The topological polar surface area (TPSA) is 0 Å². The second-order valence-electron chi connectivity index (χ2n) is 1.89. The second-order valence-corrected chi connectivity index (χ2v) is 1.89. The van der Waals surface area contributed by atoms with Crippen molar-refractivity contribution in [1.29, 1.82) is 0 Å². The molecule has 2 aliphatic carbocycles. The van der Waals surface area contributed by atoms with Gasteiger partial charge in [-0.3, -0.25) is 0 Å². The van der Waals surface area contributed by atoms with E-state index in [2.05, 4.69) is 24.3 Å². The third-order valence-corrected chi connectivity index (χ3v) is 1.36. The van der Waals surface area contributed by atoms with Gasteiger partial charge in [0.2, 0.25) is 0 Å². The molecule has 2 rings (SSSR count). The van der Waals surface area contributed by atoms with Crippen LogP contribution in [0.4, 0.5) is 0 Å². The minimum atomic E-state index is 1.30. The molecule has 0 amide bonds. The molecule has 0 bridgehead atoms. The molecule has 2 aliphatic rings. The van der Waals surface area contributed by atoms with E-state index in [0.717, 1.165) is 0 Å². The van der Waals surface area contributed by atoms with E-state index < -0.39 is 0 Å². The van der Waals surface area contributed by atoms with E-state index in [9.17, 15) is 0 Å². The number of hydrogen-bond donors (Lipinski definition) is 0. The van der Waals surface area contributed by atoms with Crippen LogP contribution in [0.3, 0.4) is 0 Å². The molecular weight excluding hydrogens is 96.1 g/mol. The van der Waals surface area contributed by atoms with Gasteiger partial charge in [-0.15, -0.1) is 0 Å². The Hall–Kier alpha value is -1.04. The summed E-state index contributed by atoms with van der Waals surface area (Å²) in [7, 11) is 0. The molecule has 0 aromatic heterocycles. The Morgan fingerprint density at radius 2 is 2.25 bits per heavy atom. The maximum Gasteiger partial charge on any atom is -0.0171 e. The van der Waals surface area contributed by atoms with Crippen LogP contribution in [0.5, 0.6) is 0 Å². The molecule has 0 fully saturated rings. The third kappa shape index (κ3) is 0.348. The van der Waals surface area contributed by atoms with Gasteiger partial charge in [0.1, 0.15) is 0 Å². The average molecular weight is 101 g/mol. The van der Waals surface area contributed by atoms with Crippen molar-refractivity contribution in [3.05, 3.63) is 47.6 Å². The standard InChI is InChI=1S/C8H5/c1-3-7-5-2-6-8(7)4-1/h1,3-6H. The lowest BCUT2D eigenvalue weighted by atomic mass is 10.2. The van der Waals surface area contributed by atoms with E-state index in [1.807, 2.05) is 12.2 Å². The molecule has 8 heavy (non-hydrogen) atoms. The predicted molar refractivity (Wildman–Crippen MR) is 33.1 cm³/mol. The third-order valence-electron chi connectivity index (χ3n) is 1.36. The van der Waals surface area contributed by atoms with Gasteiger partial charge in [0.15, 0.2) is 0 Å². The molecular formula is C8H5. The Morgan fingerprint density at radius 1 is 1.25 bits per heavy atom. The second kappa shape index (κ2) is 1.22. The van der Waals surface area contributed by atoms with E-state index in [4.69, 9.17) is 0 Å². The molecule has 0 spiro atoms. The number of allylic oxidation sites excluding steroid dienone is 8. The highest BCUT2D eigenvalue weighted by Gasteiger charge is 2.04. The molecule has 0 N–H and O–H groups in total. The van der Waals surface area contributed by atoms with Crippen LogP contribution in [0.2, 0.25) is 0 Å². The lowest BCUT2D eigenvalue weighted by Crippen LogP contribution is -1.67. The maximum absolute atomic E-state index is 3.02. The summed E-state index contributed by atoms with van der Waals surface area (Å²) in [6.07, 6.45) is 13.2. The first-order valence-corrected chi connectivity index (χ1v) is 2.65. The normalized spacial score (nSPS) is 21.0. The van der Waals surface area contributed by atoms with Gasteiger partial charge in [0, 0.05) is 0 Å². The van der Waals surface area contributed by atoms with Crippen LogP contribution in [-0.2, 0) is 0 Å². The average Bonchev–Trinajstić information content (AvgIpc) is 2.15. The van der Waals surface area contributed by atoms with Crippen molar-refractivity contribution in [2.75, 3.05) is 0 Å². The summed E-state index contributed by atoms with van der Waals surface area (Å²) in [6.45, 7) is 0. The smallest absolute Gasteiger partial charge is 0.0171 e. The zero-order valence-electron chi connectivity index (χ0n) is 4.39. The maximum atomic E-state index is 3.02. The van der Waals surface area contributed by atoms with Crippen LogP contribution in [-0.4, -0.2) is 0 Å². The summed E-state index contributed by atoms with van der Waals surface area (Å²) < 4.78 is 0. The number of hydrogen-bond acceptors (Lipinski definition) is 0. The quantitative estimate of drug-likeness (QED) is 0.436. The van der Waals surface area contributed by atoms with Crippen molar-refractivity contribution in [3.8, 4) is 0 Å². The van der Waals surface area contributed by atoms with E-state index in [0.29, 0.717) is 0 Å². The van der Waals surface area contributed by atoms with Crippen molar-refractivity contribution in [1.82, 2.24) is 0 Å². The van der Waals surface area contributed by atoms with Gasteiger partial charge in [-0.05, 0) is 29.4 Å². The van der Waals surface area contributed by atoms with Gasteiger partial charge in [-0.25, -0.2) is 0 Å². The highest BCUT2D eigenvalue weighted by Crippen LogP contribution is 2.23. The van der Waals surface area contributed by atoms with E-state index >= 15 is 0 Å². The van der Waals surface area contributed by atoms with Crippen LogP contribution in [0, 0.1) is 6.08 Å². The van der Waals surface area contributed by atoms with Crippen molar-refractivity contribution in [2.45, 2.75) is 0 Å². The Labute approximate surface area is 48.5 Å². The molecule has 37 valence electrons. The van der Waals surface area contributed by atoms with Crippen LogP contribution in [0.25, 0.3) is 0 Å². The van der Waals surface area contributed by atoms with Gasteiger partial charge < -0.3 is 0 Å². The SMILES string of the molecule is [C]1=CC2=CC=CC2=C1. The van der Waals surface area contributed by atoms with E-state index in [1.165, 1.54) is 11.1 Å². The molecule has 0 aromatic carbocycles. The first-order chi connectivity index (χ1) is 3.97. The highest BCUT2D eigenvalue weighted by atomic mass is 14.1. The van der Waals surface area contributed by atoms with Crippen LogP contribution in [0.1, 0.15) is 0 Å². The summed E-state index contributed by atoms with van der Waals surface area (Å²) in [5.74, 6) is 0. The molecule has 0 saturated heterocycles. The monoisotopic (exact) mass is 101 g/mol. The molecule has 0 nitrogen and oxygen atoms in total. The minimum Gasteiger partial charge on any atom is -0.0610 e. The molecule has 0 heteroatoms. The Kier molecular flexibility index (Phi) is 0.595. The molecule has 0 aromatic rings. The zero-order chi connectivity index (χ0) is 5.40. The molecule has 0 heterocycles. The van der Waals surface area contributed by atoms with Gasteiger partial charge in [-0.2, -0.15) is 0 Å². The fourth-order valence-electron chi connectivity index (χ4n) is 0.932. The number of fused-ring (bicyclic) bond motifs is 1. The summed E-state index contributed by atoms with van der Waals surface area (Å²) in [5.41, 5.74) is 2.59. The van der Waals surface area contributed by atoms with E-state index in [1.54, 1.807) is 0 Å². The lowest BCUT2D eigenvalue weighted by molar-refractivity contribution is 1.69. The van der Waals surface area contributed by atoms with Gasteiger partial charge >= 0.3 is 0 Å². The van der Waals surface area contributed by atoms with Gasteiger partial charge in [0.25, 0.3) is 0 Å². The van der Waals surface area contributed by atoms with Crippen molar-refractivity contribution >= 4 is 0 Å². The first kappa shape index (κ1) is 3.90. The van der Waals surface area contributed by atoms with Crippen LogP contribution >= 0.6 is 0 Å². The molecule has 0 saturated carbocycles. The molecule has 0 atom stereocenters. The highest BCUT2D eigenvalue weighted by molar-refractivity contribution is 5.57. The summed E-state index contributed by atoms with van der Waals surface area (Å²) in [6, 6.07) is 0. The zero-order valence-corrected chi connectivity index (χ0v) is 4.39. The fraction of sp³-hybridized carbons (Fsp3) is 0. The first-order valence-electron chi connectivity index (χ1n) is 2.65. The van der Waals surface area contributed by atoms with E-state index in [-0.39, 0.29) is 0 Å².